The number of hydrogen-bond donors (Lipinski definition) is 0. The summed E-state index contributed by atoms with van der Waals surface area (Å²) in [4.78, 5) is 7.16. The van der Waals surface area contributed by atoms with Gasteiger partial charge in [-0.15, -0.1) is 0 Å². The Hall–Kier alpha value is -0.370. The minimum absolute atomic E-state index is 0.541. The van der Waals surface area contributed by atoms with Crippen LogP contribution in [0.25, 0.3) is 0 Å². The first-order valence-electron chi connectivity index (χ1n) is 4.59. The van der Waals surface area contributed by atoms with E-state index >= 15 is 0 Å². The predicted octanol–water partition coefficient (Wildman–Crippen LogP) is 1.66. The molecular weight excluding hydrogens is 136 g/mol. The smallest absolute Gasteiger partial charge is 0.102 e. The van der Waals surface area contributed by atoms with E-state index in [-0.39, 0.29) is 0 Å². The van der Waals surface area contributed by atoms with Gasteiger partial charge in [0.05, 0.1) is 0 Å². The molecule has 0 spiro atoms. The quantitative estimate of drug-likeness (QED) is 0.515. The number of aliphatic imine (C=N–C) groups is 1. The highest BCUT2D eigenvalue weighted by atomic mass is 15.3. The van der Waals surface area contributed by atoms with Crippen LogP contribution in [0.15, 0.2) is 4.99 Å². The molecule has 1 saturated heterocycles. The van der Waals surface area contributed by atoms with Crippen molar-refractivity contribution in [1.82, 2.24) is 4.90 Å². The lowest BCUT2D eigenvalue weighted by Crippen LogP contribution is -2.40. The highest BCUT2D eigenvalue weighted by molar-refractivity contribution is 5.88. The lowest BCUT2D eigenvalue weighted by atomic mass is 10.1. The van der Waals surface area contributed by atoms with Crippen molar-refractivity contribution in [2.45, 2.75) is 45.3 Å². The largest absolute Gasteiger partial charge is 0.274 e. The molecular formula is C9H16N2. The molecule has 0 aromatic carbocycles. The molecule has 2 heterocycles. The Morgan fingerprint density at radius 3 is 3.00 bits per heavy atom. The second-order valence-electron chi connectivity index (χ2n) is 3.66. The summed E-state index contributed by atoms with van der Waals surface area (Å²) in [6.07, 6.45) is 4.55. The molecule has 0 aliphatic carbocycles. The zero-order chi connectivity index (χ0) is 7.84. The van der Waals surface area contributed by atoms with Gasteiger partial charge in [0.15, 0.2) is 0 Å². The van der Waals surface area contributed by atoms with E-state index in [4.69, 9.17) is 0 Å². The minimum Gasteiger partial charge on any atom is -0.274 e. The van der Waals surface area contributed by atoms with E-state index in [1.807, 2.05) is 0 Å². The van der Waals surface area contributed by atoms with Crippen LogP contribution in [0.4, 0.5) is 0 Å². The van der Waals surface area contributed by atoms with Gasteiger partial charge in [0.1, 0.15) is 6.17 Å². The monoisotopic (exact) mass is 152 g/mol. The summed E-state index contributed by atoms with van der Waals surface area (Å²) < 4.78 is 0. The zero-order valence-corrected chi connectivity index (χ0v) is 7.38. The average Bonchev–Trinajstić information content (AvgIpc) is 2.30. The molecule has 0 aromatic heterocycles. The van der Waals surface area contributed by atoms with E-state index < -0.39 is 0 Å². The number of piperidine rings is 1. The Bertz CT molecular complexity index is 186. The van der Waals surface area contributed by atoms with Crippen LogP contribution in [0, 0.1) is 0 Å². The van der Waals surface area contributed by atoms with Gasteiger partial charge in [-0.1, -0.05) is 0 Å². The summed E-state index contributed by atoms with van der Waals surface area (Å²) in [6, 6.07) is 0.611. The van der Waals surface area contributed by atoms with E-state index in [2.05, 4.69) is 23.7 Å². The summed E-state index contributed by atoms with van der Waals surface area (Å²) in [5, 5.41) is 0. The van der Waals surface area contributed by atoms with Crippen LogP contribution in [-0.4, -0.2) is 29.4 Å². The van der Waals surface area contributed by atoms with Crippen molar-refractivity contribution in [3.05, 3.63) is 0 Å². The van der Waals surface area contributed by atoms with Crippen LogP contribution < -0.4 is 0 Å². The van der Waals surface area contributed by atoms with Gasteiger partial charge in [0.2, 0.25) is 0 Å². The molecule has 0 N–H and O–H groups in total. The van der Waals surface area contributed by atoms with E-state index in [9.17, 15) is 0 Å². The van der Waals surface area contributed by atoms with Gasteiger partial charge in [-0.2, -0.15) is 0 Å². The second kappa shape index (κ2) is 2.59. The van der Waals surface area contributed by atoms with Gasteiger partial charge in [-0.05, 0) is 33.1 Å². The first-order valence-corrected chi connectivity index (χ1v) is 4.59. The standard InChI is InChI=1S/C9H16N2/c1-7-8(2)11-6-4-3-5-9(11)10-7/h8-9H,3-6H2,1-2H3. The van der Waals surface area contributed by atoms with Crippen molar-refractivity contribution in [3.63, 3.8) is 0 Å². The van der Waals surface area contributed by atoms with Crippen LogP contribution in [0.1, 0.15) is 33.1 Å². The fraction of sp³-hybridized carbons (Fsp3) is 0.889. The predicted molar refractivity (Wildman–Crippen MR) is 46.9 cm³/mol. The van der Waals surface area contributed by atoms with E-state index in [1.54, 1.807) is 0 Å². The number of fused-ring (bicyclic) bond motifs is 1. The van der Waals surface area contributed by atoms with E-state index in [0.717, 1.165) is 0 Å². The van der Waals surface area contributed by atoms with Gasteiger partial charge in [0.25, 0.3) is 0 Å². The van der Waals surface area contributed by atoms with Crippen LogP contribution >= 0.6 is 0 Å². The SMILES string of the molecule is CC1=NC2CCCCN2C1C. The zero-order valence-electron chi connectivity index (χ0n) is 7.38. The summed E-state index contributed by atoms with van der Waals surface area (Å²) in [5.74, 6) is 0. The Labute approximate surface area is 68.3 Å². The van der Waals surface area contributed by atoms with Crippen molar-refractivity contribution in [3.8, 4) is 0 Å². The molecule has 1 fully saturated rings. The molecule has 0 aromatic rings. The molecule has 0 radical (unpaired) electrons. The van der Waals surface area contributed by atoms with Gasteiger partial charge < -0.3 is 0 Å². The van der Waals surface area contributed by atoms with Gasteiger partial charge in [0, 0.05) is 18.3 Å². The van der Waals surface area contributed by atoms with Crippen LogP contribution in [0.3, 0.4) is 0 Å². The van der Waals surface area contributed by atoms with Crippen molar-refractivity contribution in [2.24, 2.45) is 4.99 Å². The van der Waals surface area contributed by atoms with Gasteiger partial charge in [-0.3, -0.25) is 9.89 Å². The maximum atomic E-state index is 4.63. The molecule has 0 bridgehead atoms. The molecule has 2 heteroatoms. The molecule has 62 valence electrons. The van der Waals surface area contributed by atoms with Crippen molar-refractivity contribution < 1.29 is 0 Å². The van der Waals surface area contributed by atoms with Crippen LogP contribution in [0.5, 0.6) is 0 Å². The van der Waals surface area contributed by atoms with Crippen molar-refractivity contribution >= 4 is 5.71 Å². The van der Waals surface area contributed by atoms with Gasteiger partial charge in [-0.25, -0.2) is 0 Å². The second-order valence-corrected chi connectivity index (χ2v) is 3.66. The lowest BCUT2D eigenvalue weighted by Gasteiger charge is -2.31. The molecule has 2 rings (SSSR count). The lowest BCUT2D eigenvalue weighted by molar-refractivity contribution is 0.158. The number of rotatable bonds is 0. The first-order chi connectivity index (χ1) is 5.29. The highest BCUT2D eigenvalue weighted by Crippen LogP contribution is 2.25. The fourth-order valence-corrected chi connectivity index (χ4v) is 2.11. The number of hydrogen-bond acceptors (Lipinski definition) is 2. The molecule has 2 aliphatic rings. The third kappa shape index (κ3) is 1.09. The molecule has 2 atom stereocenters. The van der Waals surface area contributed by atoms with Gasteiger partial charge >= 0.3 is 0 Å². The summed E-state index contributed by atoms with van der Waals surface area (Å²) >= 11 is 0. The Kier molecular flexibility index (Phi) is 1.72. The van der Waals surface area contributed by atoms with Crippen LogP contribution in [0.2, 0.25) is 0 Å². The third-order valence-corrected chi connectivity index (χ3v) is 2.97. The highest BCUT2D eigenvalue weighted by Gasteiger charge is 2.32. The maximum Gasteiger partial charge on any atom is 0.102 e. The third-order valence-electron chi connectivity index (χ3n) is 2.97. The molecule has 0 amide bonds. The molecule has 11 heavy (non-hydrogen) atoms. The Balaban J connectivity index is 2.13. The maximum absolute atomic E-state index is 4.63. The Morgan fingerprint density at radius 1 is 1.45 bits per heavy atom. The van der Waals surface area contributed by atoms with E-state index in [1.165, 1.54) is 31.5 Å². The average molecular weight is 152 g/mol. The minimum atomic E-state index is 0.541. The Morgan fingerprint density at radius 2 is 2.27 bits per heavy atom. The van der Waals surface area contributed by atoms with Crippen molar-refractivity contribution in [1.29, 1.82) is 0 Å². The summed E-state index contributed by atoms with van der Waals surface area (Å²) in [7, 11) is 0. The number of nitrogens with zero attached hydrogens (tertiary/aromatic N) is 2. The molecule has 2 unspecified atom stereocenters. The topological polar surface area (TPSA) is 15.6 Å². The molecule has 2 aliphatic heterocycles. The summed E-state index contributed by atoms with van der Waals surface area (Å²) in [5.41, 5.74) is 1.33. The van der Waals surface area contributed by atoms with Crippen LogP contribution in [-0.2, 0) is 0 Å². The molecule has 2 nitrogen and oxygen atoms in total. The first kappa shape index (κ1) is 7.29. The van der Waals surface area contributed by atoms with Crippen molar-refractivity contribution in [2.75, 3.05) is 6.54 Å². The summed E-state index contributed by atoms with van der Waals surface area (Å²) in [6.45, 7) is 5.68. The fourth-order valence-electron chi connectivity index (χ4n) is 2.11. The van der Waals surface area contributed by atoms with E-state index in [0.29, 0.717) is 12.2 Å². The molecule has 0 saturated carbocycles. The normalized spacial score (nSPS) is 38.5.